The van der Waals surface area contributed by atoms with Gasteiger partial charge in [0.1, 0.15) is 11.5 Å². The maximum Gasteiger partial charge on any atom is 0.335 e. The molecule has 0 saturated carbocycles. The minimum Gasteiger partial charge on any atom is -0.478 e. The number of aromatic carboxylic acids is 1. The van der Waals surface area contributed by atoms with Gasteiger partial charge >= 0.3 is 11.9 Å². The Morgan fingerprint density at radius 1 is 1.25 bits per heavy atom. The summed E-state index contributed by atoms with van der Waals surface area (Å²) >= 11 is 0. The highest BCUT2D eigenvalue weighted by Gasteiger charge is 2.33. The second-order valence-corrected chi connectivity index (χ2v) is 7.71. The Balaban J connectivity index is 1.40. The number of rotatable bonds is 4. The number of ether oxygens (including phenoxy) is 1. The number of hydrogen-bond donors (Lipinski definition) is 1. The van der Waals surface area contributed by atoms with Crippen LogP contribution in [0.25, 0.3) is 11.6 Å². The summed E-state index contributed by atoms with van der Waals surface area (Å²) in [5.41, 5.74) is 2.74. The van der Waals surface area contributed by atoms with Crippen LogP contribution in [0.1, 0.15) is 35.2 Å². The zero-order valence-corrected chi connectivity index (χ0v) is 17.1. The fourth-order valence-electron chi connectivity index (χ4n) is 3.91. The molecular formula is C24H18N2O6. The van der Waals surface area contributed by atoms with Crippen LogP contribution in [0.15, 0.2) is 69.2 Å². The number of allylic oxidation sites excluding steroid dienone is 3. The van der Waals surface area contributed by atoms with Gasteiger partial charge in [0.2, 0.25) is 0 Å². The molecule has 1 N–H and O–H groups in total. The number of esters is 1. The summed E-state index contributed by atoms with van der Waals surface area (Å²) in [5, 5.41) is 14.7. The summed E-state index contributed by atoms with van der Waals surface area (Å²) in [6.07, 6.45) is 6.12. The van der Waals surface area contributed by atoms with Gasteiger partial charge < -0.3 is 14.3 Å². The number of amides is 1. The summed E-state index contributed by atoms with van der Waals surface area (Å²) in [7, 11) is 0. The first kappa shape index (κ1) is 19.7. The number of carbonyl (C=O) groups is 3. The Labute approximate surface area is 182 Å². The van der Waals surface area contributed by atoms with E-state index in [1.165, 1.54) is 17.1 Å². The van der Waals surface area contributed by atoms with Gasteiger partial charge in [0.15, 0.2) is 0 Å². The molecule has 8 heteroatoms. The lowest BCUT2D eigenvalue weighted by atomic mass is 9.90. The standard InChI is InChI=1S/C24H18N2O6/c1-13-19(22(27)26(25-13)17-4-2-3-15(9-17)23(28)29)11-18-7-8-21(32-18)14-5-6-16-12-31-24(30)20(16)10-14/h2-5,7-11,16H,6,12H2,1H3,(H,28,29)/b19-11-. The predicted octanol–water partition coefficient (Wildman–Crippen LogP) is 3.67. The third-order valence-corrected chi connectivity index (χ3v) is 5.62. The minimum atomic E-state index is -1.08. The first-order chi connectivity index (χ1) is 15.4. The second-order valence-electron chi connectivity index (χ2n) is 7.71. The van der Waals surface area contributed by atoms with Crippen molar-refractivity contribution in [3.63, 3.8) is 0 Å². The Hall–Kier alpha value is -4.20. The number of benzene rings is 1. The van der Waals surface area contributed by atoms with Crippen LogP contribution in [-0.4, -0.2) is 35.3 Å². The number of fused-ring (bicyclic) bond motifs is 1. The number of furan rings is 1. The molecule has 1 unspecified atom stereocenters. The van der Waals surface area contributed by atoms with E-state index in [0.717, 1.165) is 5.57 Å². The number of carboxylic acid groups (broad SMARTS) is 1. The van der Waals surface area contributed by atoms with Crippen LogP contribution in [0.2, 0.25) is 0 Å². The molecule has 1 atom stereocenters. The Kier molecular flexibility index (Phi) is 4.62. The molecule has 1 amide bonds. The molecule has 3 aliphatic rings. The van der Waals surface area contributed by atoms with E-state index in [-0.39, 0.29) is 23.4 Å². The zero-order chi connectivity index (χ0) is 22.4. The first-order valence-corrected chi connectivity index (χ1v) is 10.0. The highest BCUT2D eigenvalue weighted by atomic mass is 16.5. The first-order valence-electron chi connectivity index (χ1n) is 10.0. The SMILES string of the molecule is CC1=NN(c2cccc(C(=O)O)c2)C(=O)/C1=C\c1ccc(C2=CCC3COC(=O)C3=C2)o1. The predicted molar refractivity (Wildman–Crippen MR) is 116 cm³/mol. The summed E-state index contributed by atoms with van der Waals surface area (Å²) in [6.45, 7) is 2.12. The van der Waals surface area contributed by atoms with Gasteiger partial charge in [0, 0.05) is 17.1 Å². The van der Waals surface area contributed by atoms with Crippen LogP contribution in [0.5, 0.6) is 0 Å². The van der Waals surface area contributed by atoms with E-state index in [4.69, 9.17) is 9.15 Å². The van der Waals surface area contributed by atoms with Crippen molar-refractivity contribution in [2.24, 2.45) is 11.0 Å². The van der Waals surface area contributed by atoms with Crippen molar-refractivity contribution in [1.82, 2.24) is 0 Å². The topological polar surface area (TPSA) is 109 Å². The van der Waals surface area contributed by atoms with Crippen molar-refractivity contribution in [3.05, 3.63) is 76.8 Å². The maximum absolute atomic E-state index is 13.0. The van der Waals surface area contributed by atoms with Crippen molar-refractivity contribution in [2.75, 3.05) is 11.6 Å². The maximum atomic E-state index is 13.0. The van der Waals surface area contributed by atoms with E-state index in [0.29, 0.717) is 47.1 Å². The van der Waals surface area contributed by atoms with E-state index >= 15 is 0 Å². The molecule has 5 rings (SSSR count). The summed E-state index contributed by atoms with van der Waals surface area (Å²) in [5.74, 6) is -0.586. The van der Waals surface area contributed by atoms with Crippen molar-refractivity contribution in [3.8, 4) is 0 Å². The number of anilines is 1. The molecule has 1 fully saturated rings. The third kappa shape index (κ3) is 3.35. The molecule has 2 aliphatic heterocycles. The molecule has 0 bridgehead atoms. The molecule has 8 nitrogen and oxygen atoms in total. The molecule has 0 spiro atoms. The molecule has 0 radical (unpaired) electrons. The largest absolute Gasteiger partial charge is 0.478 e. The minimum absolute atomic E-state index is 0.0690. The van der Waals surface area contributed by atoms with Gasteiger partial charge in [0.05, 0.1) is 29.1 Å². The average Bonchev–Trinajstić information content (AvgIpc) is 3.48. The van der Waals surface area contributed by atoms with Crippen molar-refractivity contribution >= 4 is 40.9 Å². The fourth-order valence-corrected chi connectivity index (χ4v) is 3.91. The van der Waals surface area contributed by atoms with E-state index in [1.54, 1.807) is 43.3 Å². The van der Waals surface area contributed by atoms with Gasteiger partial charge in [-0.2, -0.15) is 10.1 Å². The molecule has 3 heterocycles. The van der Waals surface area contributed by atoms with Gasteiger partial charge in [-0.15, -0.1) is 0 Å². The lowest BCUT2D eigenvalue weighted by molar-refractivity contribution is -0.135. The van der Waals surface area contributed by atoms with Crippen LogP contribution in [0, 0.1) is 5.92 Å². The Morgan fingerprint density at radius 3 is 2.91 bits per heavy atom. The number of hydrogen-bond acceptors (Lipinski definition) is 6. The van der Waals surface area contributed by atoms with Gasteiger partial charge in [-0.1, -0.05) is 12.1 Å². The van der Waals surface area contributed by atoms with E-state index in [9.17, 15) is 19.5 Å². The molecule has 2 aromatic rings. The smallest absolute Gasteiger partial charge is 0.335 e. The van der Waals surface area contributed by atoms with Crippen LogP contribution < -0.4 is 5.01 Å². The Bertz CT molecular complexity index is 1290. The monoisotopic (exact) mass is 430 g/mol. The zero-order valence-electron chi connectivity index (χ0n) is 17.1. The summed E-state index contributed by atoms with van der Waals surface area (Å²) in [6, 6.07) is 9.57. The van der Waals surface area contributed by atoms with E-state index in [2.05, 4.69) is 5.10 Å². The van der Waals surface area contributed by atoms with Gasteiger partial charge in [-0.3, -0.25) is 4.79 Å². The molecular weight excluding hydrogens is 412 g/mol. The lowest BCUT2D eigenvalue weighted by Gasteiger charge is -2.12. The molecule has 32 heavy (non-hydrogen) atoms. The van der Waals surface area contributed by atoms with Crippen molar-refractivity contribution in [1.29, 1.82) is 0 Å². The number of carbonyl (C=O) groups excluding carboxylic acids is 2. The van der Waals surface area contributed by atoms with Crippen molar-refractivity contribution < 1.29 is 28.6 Å². The molecule has 1 saturated heterocycles. The van der Waals surface area contributed by atoms with Crippen LogP contribution in [-0.2, 0) is 14.3 Å². The summed E-state index contributed by atoms with van der Waals surface area (Å²) < 4.78 is 11.0. The van der Waals surface area contributed by atoms with Gasteiger partial charge in [0.25, 0.3) is 5.91 Å². The number of nitrogens with zero attached hydrogens (tertiary/aromatic N) is 2. The molecule has 1 aromatic heterocycles. The van der Waals surface area contributed by atoms with E-state index < -0.39 is 5.97 Å². The molecule has 160 valence electrons. The van der Waals surface area contributed by atoms with Gasteiger partial charge in [-0.25, -0.2) is 9.59 Å². The third-order valence-electron chi connectivity index (χ3n) is 5.62. The van der Waals surface area contributed by atoms with E-state index in [1.807, 2.05) is 6.08 Å². The quantitative estimate of drug-likeness (QED) is 0.586. The lowest BCUT2D eigenvalue weighted by Crippen LogP contribution is -2.21. The normalized spacial score (nSPS) is 21.3. The highest BCUT2D eigenvalue weighted by molar-refractivity contribution is 6.32. The molecule has 1 aromatic carbocycles. The van der Waals surface area contributed by atoms with Crippen molar-refractivity contribution in [2.45, 2.75) is 13.3 Å². The second kappa shape index (κ2) is 7.49. The number of cyclic esters (lactones) is 1. The number of carboxylic acids is 1. The molecule has 1 aliphatic carbocycles. The summed E-state index contributed by atoms with van der Waals surface area (Å²) in [4.78, 5) is 36.0. The number of hydrazone groups is 1. The van der Waals surface area contributed by atoms with Crippen LogP contribution >= 0.6 is 0 Å². The van der Waals surface area contributed by atoms with Gasteiger partial charge in [-0.05, 0) is 55.8 Å². The highest BCUT2D eigenvalue weighted by Crippen LogP contribution is 2.35. The van der Waals surface area contributed by atoms with Crippen LogP contribution in [0.3, 0.4) is 0 Å². The fraction of sp³-hybridized carbons (Fsp3) is 0.167. The average molecular weight is 430 g/mol. The van der Waals surface area contributed by atoms with Crippen LogP contribution in [0.4, 0.5) is 5.69 Å². The Morgan fingerprint density at radius 2 is 2.09 bits per heavy atom.